The van der Waals surface area contributed by atoms with Crippen LogP contribution < -0.4 is 5.19 Å². The molecule has 0 amide bonds. The van der Waals surface area contributed by atoms with Gasteiger partial charge in [0, 0.05) is 5.57 Å². The Bertz CT molecular complexity index is 571. The van der Waals surface area contributed by atoms with E-state index in [9.17, 15) is 4.79 Å². The molecule has 0 saturated heterocycles. The largest absolute Gasteiger partial charge is 0.298 e. The second-order valence-electron chi connectivity index (χ2n) is 5.17. The van der Waals surface area contributed by atoms with Crippen LogP contribution in [0.15, 0.2) is 66.4 Å². The number of benzene rings is 2. The van der Waals surface area contributed by atoms with Crippen molar-refractivity contribution in [3.63, 3.8) is 0 Å². The lowest BCUT2D eigenvalue weighted by molar-refractivity contribution is -0.103. The summed E-state index contributed by atoms with van der Waals surface area (Å²) in [4.78, 5) is 11.4. The highest BCUT2D eigenvalue weighted by atomic mass is 28.3. The fourth-order valence-electron chi connectivity index (χ4n) is 2.16. The second-order valence-corrected chi connectivity index (χ2v) is 9.48. The van der Waals surface area contributed by atoms with Crippen LogP contribution in [0.25, 0.3) is 5.57 Å². The third kappa shape index (κ3) is 3.29. The summed E-state index contributed by atoms with van der Waals surface area (Å²) in [6.45, 7) is 4.52. The maximum Gasteiger partial charge on any atom is 0.149 e. The van der Waals surface area contributed by atoms with E-state index in [0.717, 1.165) is 17.4 Å². The van der Waals surface area contributed by atoms with Crippen LogP contribution in [0.4, 0.5) is 0 Å². The fourth-order valence-corrected chi connectivity index (χ4v) is 4.39. The maximum absolute atomic E-state index is 11.4. The molecule has 0 aliphatic carbocycles. The van der Waals surface area contributed by atoms with E-state index < -0.39 is 8.07 Å². The van der Waals surface area contributed by atoms with Gasteiger partial charge in [0.25, 0.3) is 0 Å². The number of rotatable bonds is 4. The van der Waals surface area contributed by atoms with E-state index in [2.05, 4.69) is 43.1 Å². The van der Waals surface area contributed by atoms with Gasteiger partial charge < -0.3 is 0 Å². The number of hydrogen-bond acceptors (Lipinski definition) is 1. The Kier molecular flexibility index (Phi) is 4.12. The summed E-state index contributed by atoms with van der Waals surface area (Å²) in [5.74, 6) is 0. The van der Waals surface area contributed by atoms with Gasteiger partial charge in [0.2, 0.25) is 0 Å². The lowest BCUT2D eigenvalue weighted by Gasteiger charge is -2.19. The lowest BCUT2D eigenvalue weighted by atomic mass is 10.1. The van der Waals surface area contributed by atoms with Crippen LogP contribution in [0.5, 0.6) is 0 Å². The quantitative estimate of drug-likeness (QED) is 0.471. The Morgan fingerprint density at radius 3 is 1.95 bits per heavy atom. The van der Waals surface area contributed by atoms with E-state index in [1.54, 1.807) is 0 Å². The van der Waals surface area contributed by atoms with Crippen molar-refractivity contribution in [2.24, 2.45) is 0 Å². The first-order valence-corrected chi connectivity index (χ1v) is 9.50. The maximum atomic E-state index is 11.4. The van der Waals surface area contributed by atoms with Crippen LogP contribution in [-0.4, -0.2) is 14.4 Å². The highest BCUT2D eigenvalue weighted by Crippen LogP contribution is 2.16. The van der Waals surface area contributed by atoms with Gasteiger partial charge in [-0.2, -0.15) is 0 Å². The summed E-state index contributed by atoms with van der Waals surface area (Å²) < 4.78 is 0. The molecule has 1 nitrogen and oxygen atoms in total. The predicted molar refractivity (Wildman–Crippen MR) is 84.0 cm³/mol. The Hall–Kier alpha value is -1.93. The lowest BCUT2D eigenvalue weighted by Crippen LogP contribution is -2.39. The molecule has 0 saturated carbocycles. The minimum atomic E-state index is -1.74. The van der Waals surface area contributed by atoms with Gasteiger partial charge in [0.15, 0.2) is 0 Å². The van der Waals surface area contributed by atoms with Crippen molar-refractivity contribution in [2.45, 2.75) is 13.1 Å². The minimum absolute atomic E-state index is 0.793. The molecule has 0 radical (unpaired) electrons. The molecular formula is C17H18OSi. The highest BCUT2D eigenvalue weighted by molar-refractivity contribution is 6.94. The Labute approximate surface area is 115 Å². The van der Waals surface area contributed by atoms with Gasteiger partial charge in [-0.15, -0.1) is 0 Å². The summed E-state index contributed by atoms with van der Waals surface area (Å²) in [6.07, 6.45) is 0.965. The molecule has 0 spiro atoms. The molecule has 0 aliphatic rings. The van der Waals surface area contributed by atoms with Gasteiger partial charge in [-0.3, -0.25) is 4.79 Å². The molecule has 0 heterocycles. The first kappa shape index (κ1) is 13.5. The molecule has 0 atom stereocenters. The molecule has 0 N–H and O–H groups in total. The van der Waals surface area contributed by atoms with Crippen molar-refractivity contribution in [2.75, 3.05) is 0 Å². The number of allylic oxidation sites excluding steroid dienone is 1. The molecule has 2 rings (SSSR count). The van der Waals surface area contributed by atoms with Gasteiger partial charge in [-0.05, 0) is 5.56 Å². The van der Waals surface area contributed by atoms with Crippen molar-refractivity contribution in [1.82, 2.24) is 0 Å². The van der Waals surface area contributed by atoms with E-state index in [-0.39, 0.29) is 0 Å². The molecule has 0 fully saturated rings. The zero-order valence-corrected chi connectivity index (χ0v) is 12.3. The third-order valence-corrected chi connectivity index (χ3v) is 6.12. The van der Waals surface area contributed by atoms with Crippen LogP contribution in [-0.2, 0) is 4.79 Å². The number of aldehydes is 1. The zero-order chi connectivity index (χ0) is 13.7. The van der Waals surface area contributed by atoms with Crippen LogP contribution in [0.3, 0.4) is 0 Å². The van der Waals surface area contributed by atoms with E-state index in [1.807, 2.05) is 36.4 Å². The summed E-state index contributed by atoms with van der Waals surface area (Å²) in [6, 6.07) is 20.3. The van der Waals surface area contributed by atoms with Gasteiger partial charge in [-0.1, -0.05) is 84.6 Å². The van der Waals surface area contributed by atoms with E-state index >= 15 is 0 Å². The van der Waals surface area contributed by atoms with Crippen molar-refractivity contribution >= 4 is 25.1 Å². The van der Waals surface area contributed by atoms with Crippen LogP contribution in [0.2, 0.25) is 13.1 Å². The third-order valence-electron chi connectivity index (χ3n) is 3.27. The summed E-state index contributed by atoms with van der Waals surface area (Å²) in [7, 11) is -1.74. The molecule has 0 bridgehead atoms. The molecule has 2 aromatic rings. The van der Waals surface area contributed by atoms with E-state index in [0.29, 0.717) is 0 Å². The Balaban J connectivity index is 2.40. The first-order chi connectivity index (χ1) is 9.13. The van der Waals surface area contributed by atoms with Crippen LogP contribution in [0, 0.1) is 0 Å². The molecule has 2 aromatic carbocycles. The molecule has 96 valence electrons. The van der Waals surface area contributed by atoms with Crippen molar-refractivity contribution < 1.29 is 4.79 Å². The molecular weight excluding hydrogens is 248 g/mol. The standard InChI is InChI=1S/C17H18OSi/c1-19(2,17-11-7-4-8-12-17)14-16(13-18)15-9-5-3-6-10-15/h3-14H,1-2H3/b16-14+. The Morgan fingerprint density at radius 1 is 0.895 bits per heavy atom. The average molecular weight is 266 g/mol. The van der Waals surface area contributed by atoms with E-state index in [1.165, 1.54) is 5.19 Å². The Morgan fingerprint density at radius 2 is 1.42 bits per heavy atom. The topological polar surface area (TPSA) is 17.1 Å². The van der Waals surface area contributed by atoms with Crippen molar-refractivity contribution in [3.8, 4) is 0 Å². The zero-order valence-electron chi connectivity index (χ0n) is 11.3. The summed E-state index contributed by atoms with van der Waals surface area (Å²) in [5, 5.41) is 1.34. The molecule has 2 heteroatoms. The molecule has 0 aromatic heterocycles. The van der Waals surface area contributed by atoms with Crippen molar-refractivity contribution in [1.29, 1.82) is 0 Å². The SMILES string of the molecule is C[Si](C)(/C=C(\C=O)c1ccccc1)c1ccccc1. The second kappa shape index (κ2) is 5.80. The summed E-state index contributed by atoms with van der Waals surface area (Å²) in [5.41, 5.74) is 3.96. The molecule has 0 aliphatic heterocycles. The predicted octanol–water partition coefficient (Wildman–Crippen LogP) is 3.42. The van der Waals surface area contributed by atoms with Gasteiger partial charge in [0.05, 0.1) is 0 Å². The molecule has 0 unspecified atom stereocenters. The van der Waals surface area contributed by atoms with Crippen molar-refractivity contribution in [3.05, 3.63) is 71.9 Å². The first-order valence-electron chi connectivity index (χ1n) is 6.42. The van der Waals surface area contributed by atoms with Crippen LogP contribution in [0.1, 0.15) is 5.56 Å². The number of carbonyl (C=O) groups is 1. The van der Waals surface area contributed by atoms with Gasteiger partial charge in [0.1, 0.15) is 14.4 Å². The highest BCUT2D eigenvalue weighted by Gasteiger charge is 2.21. The number of carbonyl (C=O) groups excluding carboxylic acids is 1. The smallest absolute Gasteiger partial charge is 0.149 e. The van der Waals surface area contributed by atoms with Gasteiger partial charge >= 0.3 is 0 Å². The van der Waals surface area contributed by atoms with E-state index in [4.69, 9.17) is 0 Å². The minimum Gasteiger partial charge on any atom is -0.298 e. The fraction of sp³-hybridized carbons (Fsp3) is 0.118. The van der Waals surface area contributed by atoms with Crippen LogP contribution >= 0.6 is 0 Å². The average Bonchev–Trinajstić information content (AvgIpc) is 2.47. The normalized spacial score (nSPS) is 12.2. The number of hydrogen-bond donors (Lipinski definition) is 0. The summed E-state index contributed by atoms with van der Waals surface area (Å²) >= 11 is 0. The monoisotopic (exact) mass is 266 g/mol. The van der Waals surface area contributed by atoms with Gasteiger partial charge in [-0.25, -0.2) is 0 Å². The molecule has 19 heavy (non-hydrogen) atoms.